The van der Waals surface area contributed by atoms with Crippen LogP contribution in [0.3, 0.4) is 0 Å². The molecule has 0 aliphatic carbocycles. The number of piperidine rings is 1. The molecule has 1 atom stereocenters. The first-order valence-corrected chi connectivity index (χ1v) is 9.75. The monoisotopic (exact) mass is 384 g/mol. The van der Waals surface area contributed by atoms with Gasteiger partial charge in [-0.3, -0.25) is 9.59 Å². The summed E-state index contributed by atoms with van der Waals surface area (Å²) in [6, 6.07) is 1.76. The molecule has 27 heavy (non-hydrogen) atoms. The van der Waals surface area contributed by atoms with Crippen LogP contribution in [0.1, 0.15) is 56.7 Å². The Bertz CT molecular complexity index is 1010. The van der Waals surface area contributed by atoms with E-state index in [1.165, 1.54) is 17.5 Å². The van der Waals surface area contributed by atoms with E-state index in [4.69, 9.17) is 0 Å². The van der Waals surface area contributed by atoms with Gasteiger partial charge in [0.2, 0.25) is 0 Å². The second-order valence-corrected chi connectivity index (χ2v) is 7.37. The molecule has 0 bridgehead atoms. The van der Waals surface area contributed by atoms with Crippen molar-refractivity contribution in [3.8, 4) is 0 Å². The number of aryl methyl sites for hydroxylation is 1. The second kappa shape index (κ2) is 7.07. The Morgan fingerprint density at radius 1 is 1.30 bits per heavy atom. The number of carbonyl (C=O) groups excluding carboxylic acids is 2. The molecule has 3 aromatic heterocycles. The Labute approximate surface area is 160 Å². The van der Waals surface area contributed by atoms with E-state index in [2.05, 4.69) is 20.4 Å². The molecule has 2 amide bonds. The molecule has 0 unspecified atom stereocenters. The lowest BCUT2D eigenvalue weighted by Gasteiger charge is -2.35. The van der Waals surface area contributed by atoms with Crippen molar-refractivity contribution < 1.29 is 9.59 Å². The number of hydrogen-bond donors (Lipinski definition) is 1. The lowest BCUT2D eigenvalue weighted by molar-refractivity contribution is 0.0607. The summed E-state index contributed by atoms with van der Waals surface area (Å²) < 4.78 is 1.68. The van der Waals surface area contributed by atoms with Crippen molar-refractivity contribution in [1.29, 1.82) is 0 Å². The van der Waals surface area contributed by atoms with Gasteiger partial charge in [-0.15, -0.1) is 11.3 Å². The minimum atomic E-state index is -0.230. The molecule has 9 heteroatoms. The topological polar surface area (TPSA) is 92.5 Å². The highest BCUT2D eigenvalue weighted by Gasteiger charge is 2.32. The molecule has 1 saturated heterocycles. The average Bonchev–Trinajstić information content (AvgIpc) is 3.33. The Balaban J connectivity index is 1.76. The summed E-state index contributed by atoms with van der Waals surface area (Å²) in [5, 5.41) is 6.99. The number of rotatable bonds is 3. The summed E-state index contributed by atoms with van der Waals surface area (Å²) in [4.78, 5) is 36.3. The Morgan fingerprint density at radius 3 is 2.89 bits per heavy atom. The fourth-order valence-corrected chi connectivity index (χ4v) is 4.33. The van der Waals surface area contributed by atoms with Crippen LogP contribution in [0.2, 0.25) is 0 Å². The third kappa shape index (κ3) is 2.97. The van der Waals surface area contributed by atoms with E-state index in [0.717, 1.165) is 30.7 Å². The molecular weight excluding hydrogens is 364 g/mol. The van der Waals surface area contributed by atoms with Crippen molar-refractivity contribution in [3.05, 3.63) is 45.8 Å². The Hall–Kier alpha value is -2.81. The fourth-order valence-electron chi connectivity index (χ4n) is 3.58. The normalized spacial score (nSPS) is 17.3. The van der Waals surface area contributed by atoms with Crippen LogP contribution in [0.4, 0.5) is 0 Å². The van der Waals surface area contributed by atoms with E-state index < -0.39 is 0 Å². The van der Waals surface area contributed by atoms with E-state index in [9.17, 15) is 9.59 Å². The minimum absolute atomic E-state index is 0.00310. The van der Waals surface area contributed by atoms with Gasteiger partial charge >= 0.3 is 0 Å². The van der Waals surface area contributed by atoms with Gasteiger partial charge in [0.25, 0.3) is 11.8 Å². The van der Waals surface area contributed by atoms with Gasteiger partial charge in [-0.05, 0) is 32.3 Å². The number of carbonyl (C=O) groups is 2. The van der Waals surface area contributed by atoms with Gasteiger partial charge in [-0.25, -0.2) is 14.5 Å². The van der Waals surface area contributed by atoms with Crippen molar-refractivity contribution in [2.45, 2.75) is 32.2 Å². The smallest absolute Gasteiger partial charge is 0.266 e. The highest BCUT2D eigenvalue weighted by Crippen LogP contribution is 2.33. The van der Waals surface area contributed by atoms with Gasteiger partial charge < -0.3 is 10.2 Å². The molecule has 0 spiro atoms. The highest BCUT2D eigenvalue weighted by atomic mass is 32.1. The molecular formula is C18H20N6O2S. The van der Waals surface area contributed by atoms with E-state index in [1.54, 1.807) is 23.3 Å². The lowest BCUT2D eigenvalue weighted by atomic mass is 9.98. The van der Waals surface area contributed by atoms with Crippen molar-refractivity contribution in [3.63, 3.8) is 0 Å². The minimum Gasteiger partial charge on any atom is -0.355 e. The van der Waals surface area contributed by atoms with Gasteiger partial charge in [-0.1, -0.05) is 0 Å². The molecule has 1 N–H and O–H groups in total. The third-order valence-corrected chi connectivity index (χ3v) is 5.86. The first-order valence-electron chi connectivity index (χ1n) is 8.87. The quantitative estimate of drug-likeness (QED) is 0.747. The Morgan fingerprint density at radius 2 is 2.15 bits per heavy atom. The zero-order valence-corrected chi connectivity index (χ0v) is 16.0. The predicted molar refractivity (Wildman–Crippen MR) is 101 cm³/mol. The predicted octanol–water partition coefficient (Wildman–Crippen LogP) is 2.22. The molecule has 4 heterocycles. The zero-order chi connectivity index (χ0) is 19.0. The number of nitrogens with one attached hydrogen (secondary N) is 1. The molecule has 8 nitrogen and oxygen atoms in total. The summed E-state index contributed by atoms with van der Waals surface area (Å²) in [6.45, 7) is 2.55. The summed E-state index contributed by atoms with van der Waals surface area (Å²) in [5.41, 5.74) is 4.25. The van der Waals surface area contributed by atoms with Gasteiger partial charge in [0.15, 0.2) is 5.65 Å². The van der Waals surface area contributed by atoms with E-state index >= 15 is 0 Å². The van der Waals surface area contributed by atoms with Crippen LogP contribution >= 0.6 is 11.3 Å². The first kappa shape index (κ1) is 17.6. The molecule has 0 aromatic carbocycles. The molecule has 0 saturated carbocycles. The van der Waals surface area contributed by atoms with Crippen LogP contribution < -0.4 is 5.32 Å². The number of aromatic nitrogens is 4. The van der Waals surface area contributed by atoms with Crippen molar-refractivity contribution in [2.75, 3.05) is 13.6 Å². The van der Waals surface area contributed by atoms with Crippen LogP contribution in [0.15, 0.2) is 24.0 Å². The molecule has 1 aliphatic heterocycles. The van der Waals surface area contributed by atoms with Gasteiger partial charge in [0.05, 0.1) is 29.1 Å². The Kier molecular flexibility index (Phi) is 4.61. The first-order chi connectivity index (χ1) is 13.1. The highest BCUT2D eigenvalue weighted by molar-refractivity contribution is 7.11. The van der Waals surface area contributed by atoms with E-state index in [-0.39, 0.29) is 17.9 Å². The van der Waals surface area contributed by atoms with Crippen molar-refractivity contribution >= 4 is 28.8 Å². The SMILES string of the molecule is CNC(=O)c1cnn2c([C@@H]3CCCCN3C(=O)c3scnc3C)ccnc12. The van der Waals surface area contributed by atoms with Crippen LogP contribution in [0.5, 0.6) is 0 Å². The largest absolute Gasteiger partial charge is 0.355 e. The second-order valence-electron chi connectivity index (χ2n) is 6.52. The third-order valence-electron chi connectivity index (χ3n) is 4.95. The number of hydrogen-bond acceptors (Lipinski definition) is 6. The zero-order valence-electron chi connectivity index (χ0n) is 15.2. The fraction of sp³-hybridized carbons (Fsp3) is 0.389. The standard InChI is InChI=1S/C18H20N6O2S/c1-11-15(27-10-21-11)18(26)23-8-4-3-5-13(23)14-6-7-20-16-12(17(25)19-2)9-22-24(14)16/h6-7,9-10,13H,3-5,8H2,1-2H3,(H,19,25)/t13-/m0/s1. The average molecular weight is 384 g/mol. The lowest BCUT2D eigenvalue weighted by Crippen LogP contribution is -2.39. The number of likely N-dealkylation sites (tertiary alicyclic amines) is 1. The van der Waals surface area contributed by atoms with Gasteiger partial charge in [-0.2, -0.15) is 5.10 Å². The molecule has 1 fully saturated rings. The molecule has 0 radical (unpaired) electrons. The van der Waals surface area contributed by atoms with Crippen molar-refractivity contribution in [1.82, 2.24) is 29.8 Å². The molecule has 140 valence electrons. The maximum Gasteiger partial charge on any atom is 0.266 e. The maximum atomic E-state index is 13.1. The van der Waals surface area contributed by atoms with Crippen molar-refractivity contribution in [2.24, 2.45) is 0 Å². The molecule has 4 rings (SSSR count). The van der Waals surface area contributed by atoms with Crippen LogP contribution in [0.25, 0.3) is 5.65 Å². The summed E-state index contributed by atoms with van der Waals surface area (Å²) in [7, 11) is 1.58. The maximum absolute atomic E-state index is 13.1. The number of nitrogens with zero attached hydrogens (tertiary/aromatic N) is 5. The summed E-state index contributed by atoms with van der Waals surface area (Å²) in [5.74, 6) is -0.227. The number of amides is 2. The number of fused-ring (bicyclic) bond motifs is 1. The van der Waals surface area contributed by atoms with Crippen LogP contribution in [0, 0.1) is 6.92 Å². The summed E-state index contributed by atoms with van der Waals surface area (Å²) >= 11 is 1.37. The van der Waals surface area contributed by atoms with Crippen LogP contribution in [-0.2, 0) is 0 Å². The number of thiazole rings is 1. The summed E-state index contributed by atoms with van der Waals surface area (Å²) in [6.07, 6.45) is 6.04. The van der Waals surface area contributed by atoms with E-state index in [1.807, 2.05) is 17.9 Å². The van der Waals surface area contributed by atoms with Crippen LogP contribution in [-0.4, -0.2) is 49.9 Å². The van der Waals surface area contributed by atoms with Gasteiger partial charge in [0.1, 0.15) is 10.4 Å². The van der Waals surface area contributed by atoms with Gasteiger partial charge in [0, 0.05) is 19.8 Å². The molecule has 1 aliphatic rings. The molecule has 3 aromatic rings. The van der Waals surface area contributed by atoms with E-state index in [0.29, 0.717) is 22.6 Å².